The number of aromatic amines is 1. The number of benzene rings is 1. The number of allylic oxidation sites excluding steroid dienone is 1. The Bertz CT molecular complexity index is 1340. The summed E-state index contributed by atoms with van der Waals surface area (Å²) in [5.41, 5.74) is 9.80. The molecule has 0 saturated carbocycles. The summed E-state index contributed by atoms with van der Waals surface area (Å²) < 4.78 is 51.3. The van der Waals surface area contributed by atoms with Crippen molar-refractivity contribution in [1.82, 2.24) is 24.9 Å². The molecule has 1 aliphatic rings. The molecule has 3 aromatic rings. The smallest absolute Gasteiger partial charge is 0.422 e. The van der Waals surface area contributed by atoms with Crippen molar-refractivity contribution >= 4 is 22.7 Å². The Hall–Kier alpha value is -3.80. The van der Waals surface area contributed by atoms with E-state index >= 15 is 0 Å². The van der Waals surface area contributed by atoms with Crippen molar-refractivity contribution < 1.29 is 22.6 Å². The molecular weight excluding hydrogens is 475 g/mol. The molecule has 2 aromatic heterocycles. The van der Waals surface area contributed by atoms with Crippen LogP contribution in [-0.2, 0) is 11.8 Å². The second-order valence-corrected chi connectivity index (χ2v) is 8.67. The van der Waals surface area contributed by atoms with Crippen molar-refractivity contribution in [3.05, 3.63) is 47.6 Å². The molecule has 0 radical (unpaired) electrons. The first-order chi connectivity index (χ1) is 17.1. The predicted octanol–water partition coefficient (Wildman–Crippen LogP) is 3.51. The van der Waals surface area contributed by atoms with Crippen molar-refractivity contribution in [3.8, 4) is 17.0 Å². The largest absolute Gasteiger partial charge is 0.473 e. The van der Waals surface area contributed by atoms with E-state index in [2.05, 4.69) is 20.3 Å². The predicted molar refractivity (Wildman–Crippen MR) is 131 cm³/mol. The van der Waals surface area contributed by atoms with Crippen LogP contribution in [0, 0.1) is 0 Å². The van der Waals surface area contributed by atoms with Crippen LogP contribution in [0.2, 0.25) is 0 Å². The number of ether oxygens (including phenoxy) is 2. The first kappa shape index (κ1) is 25.3. The van der Waals surface area contributed by atoms with Crippen molar-refractivity contribution in [2.45, 2.75) is 19.2 Å². The first-order valence-corrected chi connectivity index (χ1v) is 11.2. The molecule has 3 N–H and O–H groups in total. The van der Waals surface area contributed by atoms with Gasteiger partial charge < -0.3 is 15.2 Å². The highest BCUT2D eigenvalue weighted by Gasteiger charge is 2.29. The van der Waals surface area contributed by atoms with Gasteiger partial charge in [0.05, 0.1) is 34.3 Å². The molecule has 4 rings (SSSR count). The van der Waals surface area contributed by atoms with Gasteiger partial charge >= 0.3 is 6.18 Å². The lowest BCUT2D eigenvalue weighted by Gasteiger charge is -2.24. The Morgan fingerprint density at radius 3 is 2.81 bits per heavy atom. The molecule has 0 aliphatic carbocycles. The van der Waals surface area contributed by atoms with Gasteiger partial charge in [-0.15, -0.1) is 0 Å². The molecule has 0 unspecified atom stereocenters. The second-order valence-electron chi connectivity index (χ2n) is 8.67. The van der Waals surface area contributed by atoms with Gasteiger partial charge in [-0.25, -0.2) is 4.68 Å². The fourth-order valence-corrected chi connectivity index (χ4v) is 4.08. The second kappa shape index (κ2) is 10.1. The average molecular weight is 504 g/mol. The summed E-state index contributed by atoms with van der Waals surface area (Å²) >= 11 is 0. The molecule has 192 valence electrons. The summed E-state index contributed by atoms with van der Waals surface area (Å²) in [6, 6.07) is 5.77. The van der Waals surface area contributed by atoms with Crippen molar-refractivity contribution in [2.24, 2.45) is 17.8 Å². The summed E-state index contributed by atoms with van der Waals surface area (Å²) in [5.74, 6) is 0.259. The summed E-state index contributed by atoms with van der Waals surface area (Å²) in [5, 5.41) is 12.5. The Labute approximate surface area is 206 Å². The molecule has 0 spiro atoms. The number of rotatable bonds is 2. The molecule has 2 bridgehead atoms. The van der Waals surface area contributed by atoms with Crippen LogP contribution in [0.5, 0.6) is 5.88 Å². The maximum Gasteiger partial charge on any atom is 0.422 e. The first-order valence-electron chi connectivity index (χ1n) is 11.2. The zero-order valence-corrected chi connectivity index (χ0v) is 20.4. The summed E-state index contributed by atoms with van der Waals surface area (Å²) in [7, 11) is 5.24. The number of nitrogens with one attached hydrogen (secondary N) is 1. The monoisotopic (exact) mass is 503 g/mol. The number of likely N-dealkylation sites (N-methyl/N-ethyl adjacent to an activating group) is 1. The lowest BCUT2D eigenvalue weighted by atomic mass is 10.0. The number of aryl methyl sites for hydroxylation is 1. The maximum atomic E-state index is 12.8. The fraction of sp³-hybridized carbons (Fsp3) is 0.375. The number of hydrogen-bond donors (Lipinski definition) is 2. The highest BCUT2D eigenvalue weighted by atomic mass is 19.4. The standard InChI is InChI=1S/C24H28F3N7O2/c1-14-11-33(3)12-21(29-2)16(22(28)35-13-24(25,26)27)6-8-20-17-9-15(5-7-19(17)31-32-20)18-10-30-34(4)23(18)36-14/h5-10,14H,11-13,28H2,1-4H3,(H,31,32)/b8-6+,22-16+,29-21?/t14-/m0/s1. The summed E-state index contributed by atoms with van der Waals surface area (Å²) in [6.07, 6.45) is 0.286. The van der Waals surface area contributed by atoms with Crippen LogP contribution in [0.25, 0.3) is 28.1 Å². The molecule has 0 saturated heterocycles. The third-order valence-corrected chi connectivity index (χ3v) is 5.73. The lowest BCUT2D eigenvalue weighted by molar-refractivity contribution is -0.165. The average Bonchev–Trinajstić information content (AvgIpc) is 3.38. The van der Waals surface area contributed by atoms with Crippen LogP contribution in [0.15, 0.2) is 46.9 Å². The molecule has 12 heteroatoms. The van der Waals surface area contributed by atoms with Crippen LogP contribution in [0.4, 0.5) is 13.2 Å². The zero-order valence-electron chi connectivity index (χ0n) is 20.4. The molecule has 9 nitrogen and oxygen atoms in total. The van der Waals surface area contributed by atoms with Crippen LogP contribution in [-0.4, -0.2) is 76.7 Å². The SMILES string of the molecule is CN=C1CN(C)C[C@H](C)Oc2c(cnn2C)-c2ccc3n[nH]c(c3c2)/C=C/C1=C(/N)OCC(F)(F)F. The lowest BCUT2D eigenvalue weighted by Crippen LogP contribution is -2.36. The molecule has 1 atom stereocenters. The van der Waals surface area contributed by atoms with Gasteiger partial charge in [-0.1, -0.05) is 6.07 Å². The Kier molecular flexibility index (Phi) is 7.07. The molecule has 36 heavy (non-hydrogen) atoms. The number of fused-ring (bicyclic) bond motifs is 3. The minimum Gasteiger partial charge on any atom is -0.473 e. The number of H-pyrrole nitrogens is 1. The number of hydrogen-bond acceptors (Lipinski definition) is 7. The van der Waals surface area contributed by atoms with Crippen LogP contribution in [0.1, 0.15) is 12.6 Å². The van der Waals surface area contributed by atoms with E-state index in [0.29, 0.717) is 30.4 Å². The summed E-state index contributed by atoms with van der Waals surface area (Å²) in [6.45, 7) is 1.23. The van der Waals surface area contributed by atoms with Crippen molar-refractivity contribution in [1.29, 1.82) is 0 Å². The third-order valence-electron chi connectivity index (χ3n) is 5.73. The number of aromatic nitrogens is 4. The van der Waals surface area contributed by atoms with E-state index in [0.717, 1.165) is 22.0 Å². The number of nitrogens with two attached hydrogens (primary N) is 1. The highest BCUT2D eigenvalue weighted by molar-refractivity contribution is 6.05. The normalized spacial score (nSPS) is 21.1. The number of nitrogens with zero attached hydrogens (tertiary/aromatic N) is 5. The topological polar surface area (TPSA) is 107 Å². The van der Waals surface area contributed by atoms with Gasteiger partial charge in [0.1, 0.15) is 6.10 Å². The number of halogens is 3. The number of aliphatic imine (C=N–C) groups is 1. The van der Waals surface area contributed by atoms with Gasteiger partial charge in [0.15, 0.2) is 12.5 Å². The van der Waals surface area contributed by atoms with Crippen LogP contribution < -0.4 is 10.5 Å². The Morgan fingerprint density at radius 2 is 2.08 bits per heavy atom. The van der Waals surface area contributed by atoms with E-state index in [1.165, 1.54) is 0 Å². The van der Waals surface area contributed by atoms with Crippen molar-refractivity contribution in [2.75, 3.05) is 33.8 Å². The van der Waals surface area contributed by atoms with E-state index in [4.69, 9.17) is 15.2 Å². The summed E-state index contributed by atoms with van der Waals surface area (Å²) in [4.78, 5) is 6.25. The molecule has 1 aliphatic heterocycles. The highest BCUT2D eigenvalue weighted by Crippen LogP contribution is 2.33. The molecule has 1 aromatic carbocycles. The Balaban J connectivity index is 1.85. The van der Waals surface area contributed by atoms with E-state index in [1.807, 2.05) is 44.1 Å². The van der Waals surface area contributed by atoms with Gasteiger partial charge in [0.2, 0.25) is 5.88 Å². The quantitative estimate of drug-likeness (QED) is 0.519. The fourth-order valence-electron chi connectivity index (χ4n) is 4.08. The molecule has 3 heterocycles. The van der Waals surface area contributed by atoms with Gasteiger partial charge in [0, 0.05) is 32.6 Å². The molecule has 0 fully saturated rings. The van der Waals surface area contributed by atoms with E-state index in [9.17, 15) is 13.2 Å². The third kappa shape index (κ3) is 5.54. The zero-order chi connectivity index (χ0) is 26.0. The van der Waals surface area contributed by atoms with Crippen molar-refractivity contribution in [3.63, 3.8) is 0 Å². The Morgan fingerprint density at radius 1 is 1.31 bits per heavy atom. The molecular formula is C24H28F3N7O2. The van der Waals surface area contributed by atoms with E-state index < -0.39 is 12.8 Å². The van der Waals surface area contributed by atoms with Crippen LogP contribution in [0.3, 0.4) is 0 Å². The minimum absolute atomic E-state index is 0.234. The molecule has 0 amide bonds. The van der Waals surface area contributed by atoms with E-state index in [-0.39, 0.29) is 17.6 Å². The van der Waals surface area contributed by atoms with Gasteiger partial charge in [-0.3, -0.25) is 15.0 Å². The van der Waals surface area contributed by atoms with Crippen LogP contribution >= 0.6 is 0 Å². The van der Waals surface area contributed by atoms with E-state index in [1.54, 1.807) is 30.1 Å². The van der Waals surface area contributed by atoms with Gasteiger partial charge in [0.25, 0.3) is 0 Å². The minimum atomic E-state index is -4.53. The maximum absolute atomic E-state index is 12.8. The van der Waals surface area contributed by atoms with Gasteiger partial charge in [-0.2, -0.15) is 23.4 Å². The van der Waals surface area contributed by atoms with Gasteiger partial charge in [-0.05, 0) is 43.8 Å². The number of alkyl halides is 3.